The summed E-state index contributed by atoms with van der Waals surface area (Å²) in [6.45, 7) is 5.36. The molecule has 1 aromatic heterocycles. The molecule has 27 heavy (non-hydrogen) atoms. The molecule has 1 aliphatic heterocycles. The topological polar surface area (TPSA) is 26.0 Å². The van der Waals surface area contributed by atoms with E-state index >= 15 is 0 Å². The summed E-state index contributed by atoms with van der Waals surface area (Å²) < 4.78 is 4.82. The maximum absolute atomic E-state index is 5.88. The van der Waals surface area contributed by atoms with Gasteiger partial charge in [0, 0.05) is 23.3 Å². The molecule has 3 aromatic rings. The van der Waals surface area contributed by atoms with Gasteiger partial charge in [-0.15, -0.1) is 5.10 Å². The molecule has 2 unspecified atom stereocenters. The van der Waals surface area contributed by atoms with Crippen molar-refractivity contribution in [2.24, 2.45) is 0 Å². The molecule has 0 radical (unpaired) electrons. The minimum absolute atomic E-state index is 0.553. The largest absolute Gasteiger partial charge is 0.279 e. The molecule has 140 valence electrons. The molecule has 1 aliphatic rings. The number of hydrogen-bond donors (Lipinski definition) is 0. The van der Waals surface area contributed by atoms with E-state index in [9.17, 15) is 0 Å². The Morgan fingerprint density at radius 2 is 1.52 bits per heavy atom. The number of rotatable bonds is 4. The third kappa shape index (κ3) is 3.62. The maximum Gasteiger partial charge on any atom is 0.204 e. The fraction of sp³-hybridized carbons (Fsp3) is 0.364. The number of hydrogen-bond acceptors (Lipinski definition) is 3. The highest BCUT2D eigenvalue weighted by atomic mass is 32.1. The van der Waals surface area contributed by atoms with Crippen molar-refractivity contribution in [3.8, 4) is 17.1 Å². The van der Waals surface area contributed by atoms with Gasteiger partial charge in [0.2, 0.25) is 4.77 Å². The SMILES string of the molecule is CC1CCCC(C)N1Cn1nc(-c2ccccc2)n(-c2ccccc2)c1=S. The average molecular weight is 379 g/mol. The van der Waals surface area contributed by atoms with Gasteiger partial charge in [0.1, 0.15) is 0 Å². The zero-order chi connectivity index (χ0) is 18.8. The van der Waals surface area contributed by atoms with Crippen LogP contribution in [0.5, 0.6) is 0 Å². The Morgan fingerprint density at radius 3 is 2.15 bits per heavy atom. The third-order valence-electron chi connectivity index (χ3n) is 5.56. The lowest BCUT2D eigenvalue weighted by Gasteiger charge is -2.38. The van der Waals surface area contributed by atoms with E-state index in [1.807, 2.05) is 41.1 Å². The van der Waals surface area contributed by atoms with Gasteiger partial charge >= 0.3 is 0 Å². The highest BCUT2D eigenvalue weighted by Gasteiger charge is 2.26. The van der Waals surface area contributed by atoms with Crippen molar-refractivity contribution in [1.29, 1.82) is 0 Å². The molecule has 0 amide bonds. The van der Waals surface area contributed by atoms with Crippen molar-refractivity contribution in [3.05, 3.63) is 65.4 Å². The average Bonchev–Trinajstić information content (AvgIpc) is 3.02. The van der Waals surface area contributed by atoms with E-state index in [2.05, 4.69) is 47.6 Å². The Labute approximate surface area is 166 Å². The number of aromatic nitrogens is 3. The lowest BCUT2D eigenvalue weighted by atomic mass is 9.98. The van der Waals surface area contributed by atoms with Gasteiger partial charge in [-0.05, 0) is 51.0 Å². The summed E-state index contributed by atoms with van der Waals surface area (Å²) in [7, 11) is 0. The van der Waals surface area contributed by atoms with Crippen molar-refractivity contribution in [1.82, 2.24) is 19.2 Å². The van der Waals surface area contributed by atoms with Gasteiger partial charge < -0.3 is 0 Å². The first-order chi connectivity index (χ1) is 13.1. The standard InChI is InChI=1S/C22H26N4S/c1-17-10-9-11-18(2)24(17)16-25-22(27)26(20-14-7-4-8-15-20)21(23-25)19-12-5-3-6-13-19/h3-8,12-15,17-18H,9-11,16H2,1-2H3. The summed E-state index contributed by atoms with van der Waals surface area (Å²) in [6, 6.07) is 21.7. The monoisotopic (exact) mass is 378 g/mol. The number of likely N-dealkylation sites (tertiary alicyclic amines) is 1. The second kappa shape index (κ2) is 7.79. The first-order valence-corrected chi connectivity index (χ1v) is 10.1. The molecule has 0 N–H and O–H groups in total. The van der Waals surface area contributed by atoms with Crippen LogP contribution in [0.25, 0.3) is 17.1 Å². The van der Waals surface area contributed by atoms with Crippen LogP contribution in [0.4, 0.5) is 0 Å². The molecule has 0 bridgehead atoms. The predicted octanol–water partition coefficient (Wildman–Crippen LogP) is 5.29. The van der Waals surface area contributed by atoms with Gasteiger partial charge in [-0.25, -0.2) is 4.68 Å². The highest BCUT2D eigenvalue weighted by Crippen LogP contribution is 2.26. The van der Waals surface area contributed by atoms with Crippen LogP contribution in [0.2, 0.25) is 0 Å². The molecule has 4 rings (SSSR count). The van der Waals surface area contributed by atoms with Crippen LogP contribution in [0.1, 0.15) is 33.1 Å². The normalized spacial score (nSPS) is 20.7. The quantitative estimate of drug-likeness (QED) is 0.577. The van der Waals surface area contributed by atoms with Crippen LogP contribution < -0.4 is 0 Å². The Kier molecular flexibility index (Phi) is 5.23. The number of benzene rings is 2. The summed E-state index contributed by atoms with van der Waals surface area (Å²) >= 11 is 5.88. The molecule has 0 spiro atoms. The molecule has 0 aliphatic carbocycles. The van der Waals surface area contributed by atoms with Crippen molar-refractivity contribution in [2.75, 3.05) is 0 Å². The Hall–Kier alpha value is -2.24. The summed E-state index contributed by atoms with van der Waals surface area (Å²) in [5, 5.41) is 4.95. The first kappa shape index (κ1) is 18.1. The molecular formula is C22H26N4S. The summed E-state index contributed by atoms with van der Waals surface area (Å²) in [4.78, 5) is 2.52. The summed E-state index contributed by atoms with van der Waals surface area (Å²) in [5.41, 5.74) is 2.12. The predicted molar refractivity (Wildman–Crippen MR) is 112 cm³/mol. The lowest BCUT2D eigenvalue weighted by Crippen LogP contribution is -2.44. The fourth-order valence-electron chi connectivity index (χ4n) is 3.99. The Bertz CT molecular complexity index is 935. The smallest absolute Gasteiger partial charge is 0.204 e. The minimum Gasteiger partial charge on any atom is -0.279 e. The third-order valence-corrected chi connectivity index (χ3v) is 5.95. The van der Waals surface area contributed by atoms with Crippen LogP contribution in [-0.2, 0) is 6.67 Å². The van der Waals surface area contributed by atoms with E-state index in [1.54, 1.807) is 0 Å². The van der Waals surface area contributed by atoms with Gasteiger partial charge in [0.05, 0.1) is 6.67 Å². The molecule has 1 saturated heterocycles. The molecule has 4 nitrogen and oxygen atoms in total. The van der Waals surface area contributed by atoms with Crippen LogP contribution in [-0.4, -0.2) is 31.3 Å². The van der Waals surface area contributed by atoms with Gasteiger partial charge in [0.15, 0.2) is 5.82 Å². The van der Waals surface area contributed by atoms with Gasteiger partial charge in [0.25, 0.3) is 0 Å². The molecule has 5 heteroatoms. The molecule has 2 heterocycles. The van der Waals surface area contributed by atoms with Crippen LogP contribution >= 0.6 is 12.2 Å². The molecule has 1 fully saturated rings. The number of piperidine rings is 1. The van der Waals surface area contributed by atoms with E-state index in [4.69, 9.17) is 17.3 Å². The molecule has 0 saturated carbocycles. The molecular weight excluding hydrogens is 352 g/mol. The van der Waals surface area contributed by atoms with Gasteiger partial charge in [-0.1, -0.05) is 55.0 Å². The van der Waals surface area contributed by atoms with Crippen LogP contribution in [0, 0.1) is 4.77 Å². The van der Waals surface area contributed by atoms with Crippen molar-refractivity contribution >= 4 is 12.2 Å². The number of nitrogens with zero attached hydrogens (tertiary/aromatic N) is 4. The second-order valence-corrected chi connectivity index (χ2v) is 7.79. The summed E-state index contributed by atoms with van der Waals surface area (Å²) in [6.07, 6.45) is 3.78. The van der Waals surface area contributed by atoms with Crippen LogP contribution in [0.15, 0.2) is 60.7 Å². The number of para-hydroxylation sites is 1. The zero-order valence-corrected chi connectivity index (χ0v) is 16.8. The molecule has 2 aromatic carbocycles. The Morgan fingerprint density at radius 1 is 0.926 bits per heavy atom. The van der Waals surface area contributed by atoms with E-state index in [1.165, 1.54) is 19.3 Å². The van der Waals surface area contributed by atoms with Crippen molar-refractivity contribution in [2.45, 2.75) is 51.9 Å². The minimum atomic E-state index is 0.553. The maximum atomic E-state index is 5.88. The van der Waals surface area contributed by atoms with E-state index < -0.39 is 0 Å². The van der Waals surface area contributed by atoms with E-state index in [0.717, 1.165) is 28.5 Å². The van der Waals surface area contributed by atoms with Crippen LogP contribution in [0.3, 0.4) is 0 Å². The highest BCUT2D eigenvalue weighted by molar-refractivity contribution is 7.71. The molecule has 2 atom stereocenters. The Balaban J connectivity index is 1.80. The van der Waals surface area contributed by atoms with Crippen molar-refractivity contribution < 1.29 is 0 Å². The second-order valence-electron chi connectivity index (χ2n) is 7.43. The lowest BCUT2D eigenvalue weighted by molar-refractivity contribution is 0.0636. The van der Waals surface area contributed by atoms with E-state index in [-0.39, 0.29) is 0 Å². The zero-order valence-electron chi connectivity index (χ0n) is 16.0. The summed E-state index contributed by atoms with van der Waals surface area (Å²) in [5.74, 6) is 0.893. The first-order valence-electron chi connectivity index (χ1n) is 9.71. The van der Waals surface area contributed by atoms with E-state index in [0.29, 0.717) is 12.1 Å². The van der Waals surface area contributed by atoms with Crippen molar-refractivity contribution in [3.63, 3.8) is 0 Å². The van der Waals surface area contributed by atoms with Gasteiger partial charge in [-0.3, -0.25) is 9.47 Å². The fourth-order valence-corrected chi connectivity index (χ4v) is 4.28. The van der Waals surface area contributed by atoms with Gasteiger partial charge in [-0.2, -0.15) is 0 Å².